The Morgan fingerprint density at radius 1 is 0.556 bits per heavy atom. The van der Waals surface area contributed by atoms with Crippen molar-refractivity contribution in [1.82, 2.24) is 0 Å². The molecule has 0 unspecified atom stereocenters. The summed E-state index contributed by atoms with van der Waals surface area (Å²) in [5, 5.41) is 47.2. The van der Waals surface area contributed by atoms with Crippen LogP contribution in [0.2, 0.25) is 0 Å². The fraction of sp³-hybridized carbons (Fsp3) is 0.966. The number of hydrogen-bond donors (Lipinski definition) is 5. The highest BCUT2D eigenvalue weighted by Gasteiger charge is 2.34. The Bertz CT molecular complexity index is 475. The van der Waals surface area contributed by atoms with Crippen molar-refractivity contribution in [2.24, 2.45) is 0 Å². The number of esters is 1. The third-order valence-electron chi connectivity index (χ3n) is 6.99. The second-order valence-corrected chi connectivity index (χ2v) is 10.4. The number of carbonyl (C=O) groups excluding carboxylic acids is 1. The highest BCUT2D eigenvalue weighted by Crippen LogP contribution is 2.16. The van der Waals surface area contributed by atoms with E-state index in [9.17, 15) is 20.1 Å². The number of carbonyl (C=O) groups is 1. The summed E-state index contributed by atoms with van der Waals surface area (Å²) in [4.78, 5) is 12.0. The van der Waals surface area contributed by atoms with E-state index in [1.807, 2.05) is 0 Å². The third kappa shape index (κ3) is 20.3. The minimum atomic E-state index is -1.67. The van der Waals surface area contributed by atoms with Crippen LogP contribution in [0.1, 0.15) is 142 Å². The molecule has 0 bridgehead atoms. The van der Waals surface area contributed by atoms with Crippen molar-refractivity contribution in [2.75, 3.05) is 13.2 Å². The molecule has 0 rings (SSSR count). The van der Waals surface area contributed by atoms with Crippen LogP contribution in [-0.4, -0.2) is 69.1 Å². The van der Waals surface area contributed by atoms with Gasteiger partial charge in [-0.05, 0) is 6.42 Å². The third-order valence-corrected chi connectivity index (χ3v) is 6.99. The number of ether oxygens (including phenoxy) is 1. The van der Waals surface area contributed by atoms with Crippen LogP contribution in [0, 0.1) is 0 Å². The van der Waals surface area contributed by atoms with E-state index in [1.165, 1.54) is 103 Å². The van der Waals surface area contributed by atoms with Crippen molar-refractivity contribution in [3.05, 3.63) is 0 Å². The van der Waals surface area contributed by atoms with Crippen LogP contribution >= 0.6 is 0 Å². The second-order valence-electron chi connectivity index (χ2n) is 10.4. The molecule has 36 heavy (non-hydrogen) atoms. The maximum atomic E-state index is 12.0. The molecule has 7 heteroatoms. The van der Waals surface area contributed by atoms with Crippen LogP contribution in [0.4, 0.5) is 0 Å². The molecule has 0 saturated carbocycles. The molecule has 0 aliphatic carbocycles. The molecule has 0 saturated heterocycles. The van der Waals surface area contributed by atoms with E-state index in [4.69, 9.17) is 14.9 Å². The second kappa shape index (κ2) is 25.9. The molecule has 0 aliphatic heterocycles. The molecule has 216 valence electrons. The fourth-order valence-electron chi connectivity index (χ4n) is 4.54. The van der Waals surface area contributed by atoms with E-state index in [2.05, 4.69) is 6.92 Å². The zero-order chi connectivity index (χ0) is 26.9. The first-order valence-electron chi connectivity index (χ1n) is 14.9. The van der Waals surface area contributed by atoms with E-state index in [1.54, 1.807) is 0 Å². The number of hydrogen-bond acceptors (Lipinski definition) is 7. The molecule has 0 aromatic rings. The quantitative estimate of drug-likeness (QED) is 0.0749. The Balaban J connectivity index is 3.52. The lowest BCUT2D eigenvalue weighted by Gasteiger charge is -2.28. The van der Waals surface area contributed by atoms with Crippen molar-refractivity contribution >= 4 is 5.97 Å². The SMILES string of the molecule is CCCCCCCCCCCCCCCCCCCCCCC(=O)O[C@@H]([C@H](O)[C@H](O)CO)[C@H](O)CO. The first-order chi connectivity index (χ1) is 17.5. The number of rotatable bonds is 27. The summed E-state index contributed by atoms with van der Waals surface area (Å²) < 4.78 is 5.06. The average molecular weight is 519 g/mol. The minimum Gasteiger partial charge on any atom is -0.457 e. The van der Waals surface area contributed by atoms with Gasteiger partial charge in [0, 0.05) is 6.42 Å². The van der Waals surface area contributed by atoms with Crippen LogP contribution in [-0.2, 0) is 9.53 Å². The van der Waals surface area contributed by atoms with E-state index in [0.29, 0.717) is 6.42 Å². The van der Waals surface area contributed by atoms with Crippen molar-refractivity contribution in [1.29, 1.82) is 0 Å². The number of aliphatic hydroxyl groups is 5. The molecule has 5 N–H and O–H groups in total. The van der Waals surface area contributed by atoms with Gasteiger partial charge in [-0.2, -0.15) is 0 Å². The summed E-state index contributed by atoms with van der Waals surface area (Å²) in [5.74, 6) is -0.598. The molecular formula is C29H58O7. The normalized spacial score (nSPS) is 14.9. The molecule has 0 radical (unpaired) electrons. The molecule has 0 spiro atoms. The van der Waals surface area contributed by atoms with Gasteiger partial charge in [0.05, 0.1) is 13.2 Å². The first-order valence-corrected chi connectivity index (χ1v) is 14.9. The maximum absolute atomic E-state index is 12.0. The monoisotopic (exact) mass is 518 g/mol. The Morgan fingerprint density at radius 3 is 1.22 bits per heavy atom. The van der Waals surface area contributed by atoms with Gasteiger partial charge in [-0.3, -0.25) is 4.79 Å². The Morgan fingerprint density at radius 2 is 0.889 bits per heavy atom. The lowest BCUT2D eigenvalue weighted by atomic mass is 10.0. The van der Waals surface area contributed by atoms with E-state index in [0.717, 1.165) is 19.3 Å². The van der Waals surface area contributed by atoms with Crippen molar-refractivity contribution in [3.63, 3.8) is 0 Å². The predicted octanol–water partition coefficient (Wildman–Crippen LogP) is 5.18. The number of aliphatic hydroxyl groups excluding tert-OH is 5. The van der Waals surface area contributed by atoms with Gasteiger partial charge in [-0.25, -0.2) is 0 Å². The van der Waals surface area contributed by atoms with Crippen LogP contribution in [0.5, 0.6) is 0 Å². The molecular weight excluding hydrogens is 460 g/mol. The highest BCUT2D eigenvalue weighted by atomic mass is 16.6. The van der Waals surface area contributed by atoms with Crippen LogP contribution < -0.4 is 0 Å². The lowest BCUT2D eigenvalue weighted by molar-refractivity contribution is -0.177. The average Bonchev–Trinajstić information content (AvgIpc) is 2.89. The van der Waals surface area contributed by atoms with Gasteiger partial charge in [0.15, 0.2) is 6.10 Å². The first kappa shape index (κ1) is 35.3. The zero-order valence-electron chi connectivity index (χ0n) is 23.1. The Hall–Kier alpha value is -0.730. The predicted molar refractivity (Wildman–Crippen MR) is 145 cm³/mol. The summed E-state index contributed by atoms with van der Waals surface area (Å²) in [6.07, 6.45) is 19.6. The fourth-order valence-corrected chi connectivity index (χ4v) is 4.54. The van der Waals surface area contributed by atoms with Gasteiger partial charge in [0.2, 0.25) is 0 Å². The topological polar surface area (TPSA) is 127 Å². The smallest absolute Gasteiger partial charge is 0.306 e. The molecule has 0 aromatic heterocycles. The van der Waals surface area contributed by atoms with Gasteiger partial charge in [0.25, 0.3) is 0 Å². The van der Waals surface area contributed by atoms with E-state index >= 15 is 0 Å². The number of unbranched alkanes of at least 4 members (excludes halogenated alkanes) is 19. The van der Waals surface area contributed by atoms with Crippen molar-refractivity contribution in [2.45, 2.75) is 166 Å². The largest absolute Gasteiger partial charge is 0.457 e. The molecule has 0 amide bonds. The highest BCUT2D eigenvalue weighted by molar-refractivity contribution is 5.69. The maximum Gasteiger partial charge on any atom is 0.306 e. The van der Waals surface area contributed by atoms with Crippen LogP contribution in [0.25, 0.3) is 0 Å². The summed E-state index contributed by atoms with van der Waals surface area (Å²) >= 11 is 0. The Kier molecular flexibility index (Phi) is 25.4. The van der Waals surface area contributed by atoms with Crippen LogP contribution in [0.3, 0.4) is 0 Å². The molecule has 0 fully saturated rings. The van der Waals surface area contributed by atoms with Crippen molar-refractivity contribution < 1.29 is 35.1 Å². The van der Waals surface area contributed by atoms with Gasteiger partial charge in [0.1, 0.15) is 18.3 Å². The summed E-state index contributed by atoms with van der Waals surface area (Å²) in [6.45, 7) is 0.796. The summed E-state index contributed by atoms with van der Waals surface area (Å²) in [5.41, 5.74) is 0. The van der Waals surface area contributed by atoms with Gasteiger partial charge in [-0.1, -0.05) is 129 Å². The van der Waals surface area contributed by atoms with Gasteiger partial charge in [-0.15, -0.1) is 0 Å². The van der Waals surface area contributed by atoms with E-state index in [-0.39, 0.29) is 6.42 Å². The lowest BCUT2D eigenvalue weighted by Crippen LogP contribution is -2.49. The zero-order valence-corrected chi connectivity index (χ0v) is 23.1. The Labute approximate surface area is 220 Å². The van der Waals surface area contributed by atoms with E-state index < -0.39 is 43.6 Å². The van der Waals surface area contributed by atoms with Gasteiger partial charge < -0.3 is 30.3 Å². The van der Waals surface area contributed by atoms with Crippen LogP contribution in [0.15, 0.2) is 0 Å². The van der Waals surface area contributed by atoms with Gasteiger partial charge >= 0.3 is 5.97 Å². The molecule has 0 aliphatic rings. The summed E-state index contributed by atoms with van der Waals surface area (Å²) in [6, 6.07) is 0. The molecule has 0 aromatic carbocycles. The standard InChI is InChI=1S/C29H58O7/c1-2-3-4-5-6-7-8-9-10-11-12-13-14-15-16-17-18-19-20-21-22-27(34)36-29(26(33)24-31)28(35)25(32)23-30/h25-26,28-33,35H,2-24H2,1H3/t25-,26-,28-,29-/m1/s1. The van der Waals surface area contributed by atoms with Crippen molar-refractivity contribution in [3.8, 4) is 0 Å². The summed E-state index contributed by atoms with van der Waals surface area (Å²) in [7, 11) is 0. The molecule has 4 atom stereocenters. The molecule has 7 nitrogen and oxygen atoms in total. The minimum absolute atomic E-state index is 0.148. The molecule has 0 heterocycles.